The number of aryl methyl sites for hydroxylation is 1. The monoisotopic (exact) mass is 211 g/mol. The Morgan fingerprint density at radius 3 is 3.20 bits per heavy atom. The van der Waals surface area contributed by atoms with Gasteiger partial charge >= 0.3 is 0 Å². The molecule has 0 bridgehead atoms. The first-order valence-corrected chi connectivity index (χ1v) is 5.49. The summed E-state index contributed by atoms with van der Waals surface area (Å²) in [5.41, 5.74) is 0. The third kappa shape index (κ3) is 2.76. The Balaban J connectivity index is 1.91. The Morgan fingerprint density at radius 2 is 2.53 bits per heavy atom. The molecule has 0 amide bonds. The summed E-state index contributed by atoms with van der Waals surface area (Å²) in [7, 11) is 0. The van der Waals surface area contributed by atoms with Crippen LogP contribution < -0.4 is 5.32 Å². The second-order valence-electron chi connectivity index (χ2n) is 4.08. The summed E-state index contributed by atoms with van der Waals surface area (Å²) in [5.74, 6) is 1.38. The molecule has 84 valence electrons. The van der Waals surface area contributed by atoms with E-state index in [1.54, 1.807) is 6.92 Å². The zero-order valence-electron chi connectivity index (χ0n) is 8.94. The molecule has 15 heavy (non-hydrogen) atoms. The van der Waals surface area contributed by atoms with Gasteiger partial charge in [0.15, 0.2) is 5.82 Å². The lowest BCUT2D eigenvalue weighted by Gasteiger charge is -2.01. The van der Waals surface area contributed by atoms with Crippen LogP contribution in [0.2, 0.25) is 0 Å². The smallest absolute Gasteiger partial charge is 0.226 e. The van der Waals surface area contributed by atoms with Gasteiger partial charge in [-0.15, -0.1) is 0 Å². The topological polar surface area (TPSA) is 71.2 Å². The molecule has 5 nitrogen and oxygen atoms in total. The molecule has 2 rings (SSSR count). The Kier molecular flexibility index (Phi) is 3.33. The van der Waals surface area contributed by atoms with Gasteiger partial charge < -0.3 is 14.9 Å². The van der Waals surface area contributed by atoms with Gasteiger partial charge in [0.1, 0.15) is 0 Å². The van der Waals surface area contributed by atoms with Crippen LogP contribution in [0, 0.1) is 0 Å². The highest BCUT2D eigenvalue weighted by atomic mass is 16.5. The highest BCUT2D eigenvalue weighted by Gasteiger charge is 2.21. The van der Waals surface area contributed by atoms with E-state index in [1.807, 2.05) is 0 Å². The maximum atomic E-state index is 9.13. The lowest BCUT2D eigenvalue weighted by atomic mass is 10.2. The average Bonchev–Trinajstić information content (AvgIpc) is 2.85. The summed E-state index contributed by atoms with van der Waals surface area (Å²) in [6.07, 6.45) is 3.25. The van der Waals surface area contributed by atoms with E-state index in [-0.39, 0.29) is 12.1 Å². The molecule has 2 N–H and O–H groups in total. The molecule has 0 radical (unpaired) electrons. The normalized spacial score (nSPS) is 23.2. The Morgan fingerprint density at radius 1 is 1.67 bits per heavy atom. The molecule has 1 saturated heterocycles. The zero-order valence-corrected chi connectivity index (χ0v) is 8.94. The number of hydrogen-bond acceptors (Lipinski definition) is 5. The number of nitrogens with one attached hydrogen (secondary N) is 1. The van der Waals surface area contributed by atoms with E-state index in [0.29, 0.717) is 18.7 Å². The molecular formula is C10H17N3O2. The van der Waals surface area contributed by atoms with Crippen molar-refractivity contribution in [2.24, 2.45) is 0 Å². The molecule has 5 heteroatoms. The summed E-state index contributed by atoms with van der Waals surface area (Å²) < 4.78 is 5.12. The van der Waals surface area contributed by atoms with Crippen molar-refractivity contribution in [2.75, 3.05) is 6.54 Å². The zero-order chi connectivity index (χ0) is 10.7. The van der Waals surface area contributed by atoms with Crippen molar-refractivity contribution >= 4 is 0 Å². The SMILES string of the molecule is CC(O)CCc1nc(C2CCCN2)no1. The number of rotatable bonds is 4. The molecular weight excluding hydrogens is 194 g/mol. The first-order chi connectivity index (χ1) is 7.25. The minimum atomic E-state index is -0.315. The predicted octanol–water partition coefficient (Wildman–Crippen LogP) is 0.807. The first-order valence-electron chi connectivity index (χ1n) is 5.49. The van der Waals surface area contributed by atoms with Crippen molar-refractivity contribution < 1.29 is 9.63 Å². The minimum absolute atomic E-state index is 0.258. The Bertz CT molecular complexity index is 305. The van der Waals surface area contributed by atoms with Gasteiger partial charge in [0.05, 0.1) is 12.1 Å². The van der Waals surface area contributed by atoms with Crippen LogP contribution in [0.15, 0.2) is 4.52 Å². The van der Waals surface area contributed by atoms with Gasteiger partial charge in [0.25, 0.3) is 0 Å². The van der Waals surface area contributed by atoms with E-state index in [1.165, 1.54) is 6.42 Å². The van der Waals surface area contributed by atoms with Gasteiger partial charge in [-0.05, 0) is 32.7 Å². The summed E-state index contributed by atoms with van der Waals surface area (Å²) >= 11 is 0. The van der Waals surface area contributed by atoms with Gasteiger partial charge in [-0.25, -0.2) is 0 Å². The van der Waals surface area contributed by atoms with Crippen LogP contribution in [0.1, 0.15) is 43.9 Å². The maximum Gasteiger partial charge on any atom is 0.226 e. The number of aromatic nitrogens is 2. The van der Waals surface area contributed by atoms with Gasteiger partial charge in [-0.1, -0.05) is 5.16 Å². The van der Waals surface area contributed by atoms with Crippen molar-refractivity contribution in [1.29, 1.82) is 0 Å². The molecule has 1 aliphatic heterocycles. The van der Waals surface area contributed by atoms with Gasteiger partial charge in [0, 0.05) is 6.42 Å². The average molecular weight is 211 g/mol. The molecule has 1 aromatic heterocycles. The number of aliphatic hydroxyl groups is 1. The van der Waals surface area contributed by atoms with Gasteiger partial charge in [-0.2, -0.15) is 4.98 Å². The lowest BCUT2D eigenvalue weighted by Crippen LogP contribution is -2.14. The van der Waals surface area contributed by atoms with Crippen LogP contribution in [0.4, 0.5) is 0 Å². The highest BCUT2D eigenvalue weighted by Crippen LogP contribution is 2.20. The van der Waals surface area contributed by atoms with E-state index in [0.717, 1.165) is 18.8 Å². The van der Waals surface area contributed by atoms with Crippen molar-refractivity contribution in [2.45, 2.75) is 44.8 Å². The van der Waals surface area contributed by atoms with E-state index < -0.39 is 0 Å². The molecule has 0 aromatic carbocycles. The van der Waals surface area contributed by atoms with Gasteiger partial charge in [-0.3, -0.25) is 0 Å². The third-order valence-corrected chi connectivity index (χ3v) is 2.63. The number of hydrogen-bond donors (Lipinski definition) is 2. The van der Waals surface area contributed by atoms with Crippen LogP contribution in [-0.2, 0) is 6.42 Å². The second kappa shape index (κ2) is 4.72. The second-order valence-corrected chi connectivity index (χ2v) is 4.08. The Hall–Kier alpha value is -0.940. The third-order valence-electron chi connectivity index (χ3n) is 2.63. The number of nitrogens with zero attached hydrogens (tertiary/aromatic N) is 2. The predicted molar refractivity (Wildman–Crippen MR) is 54.3 cm³/mol. The fraction of sp³-hybridized carbons (Fsp3) is 0.800. The lowest BCUT2D eigenvalue weighted by molar-refractivity contribution is 0.180. The fourth-order valence-electron chi connectivity index (χ4n) is 1.75. The molecule has 1 aromatic rings. The molecule has 0 aliphatic carbocycles. The van der Waals surface area contributed by atoms with E-state index in [2.05, 4.69) is 15.5 Å². The summed E-state index contributed by atoms with van der Waals surface area (Å²) in [6, 6.07) is 0.258. The molecule has 2 unspecified atom stereocenters. The van der Waals surface area contributed by atoms with Crippen LogP contribution in [0.25, 0.3) is 0 Å². The highest BCUT2D eigenvalue weighted by molar-refractivity contribution is 4.96. The maximum absolute atomic E-state index is 9.13. The minimum Gasteiger partial charge on any atom is -0.393 e. The fourth-order valence-corrected chi connectivity index (χ4v) is 1.75. The van der Waals surface area contributed by atoms with Crippen LogP contribution in [0.5, 0.6) is 0 Å². The van der Waals surface area contributed by atoms with Crippen molar-refractivity contribution in [3.63, 3.8) is 0 Å². The van der Waals surface area contributed by atoms with Crippen molar-refractivity contribution in [3.8, 4) is 0 Å². The quantitative estimate of drug-likeness (QED) is 0.771. The molecule has 2 atom stereocenters. The largest absolute Gasteiger partial charge is 0.393 e. The Labute approximate surface area is 88.9 Å². The van der Waals surface area contributed by atoms with E-state index in [9.17, 15) is 0 Å². The molecule has 0 saturated carbocycles. The molecule has 1 fully saturated rings. The van der Waals surface area contributed by atoms with E-state index >= 15 is 0 Å². The van der Waals surface area contributed by atoms with Crippen molar-refractivity contribution in [1.82, 2.24) is 15.5 Å². The summed E-state index contributed by atoms with van der Waals surface area (Å²) in [6.45, 7) is 2.79. The first kappa shape index (κ1) is 10.6. The van der Waals surface area contributed by atoms with E-state index in [4.69, 9.17) is 9.63 Å². The van der Waals surface area contributed by atoms with Gasteiger partial charge in [0.2, 0.25) is 5.89 Å². The summed E-state index contributed by atoms with van der Waals surface area (Å²) in [5, 5.41) is 16.4. The van der Waals surface area contributed by atoms with Crippen LogP contribution in [0.3, 0.4) is 0 Å². The summed E-state index contributed by atoms with van der Waals surface area (Å²) in [4.78, 5) is 4.31. The molecule has 2 heterocycles. The molecule has 1 aliphatic rings. The number of aliphatic hydroxyl groups excluding tert-OH is 1. The standard InChI is InChI=1S/C10H17N3O2/c1-7(14)4-5-9-12-10(13-15-9)8-3-2-6-11-8/h7-8,11,14H,2-6H2,1H3. The molecule has 0 spiro atoms. The van der Waals surface area contributed by atoms with Crippen LogP contribution in [-0.4, -0.2) is 27.9 Å². The van der Waals surface area contributed by atoms with Crippen LogP contribution >= 0.6 is 0 Å². The van der Waals surface area contributed by atoms with Crippen molar-refractivity contribution in [3.05, 3.63) is 11.7 Å².